The van der Waals surface area contributed by atoms with E-state index in [1.165, 1.54) is 22.2 Å². The molecule has 98 valence electrons. The van der Waals surface area contributed by atoms with Crippen molar-refractivity contribution in [2.45, 2.75) is 25.8 Å². The largest absolute Gasteiger partial charge is 0.497 e. The quantitative estimate of drug-likeness (QED) is 0.892. The van der Waals surface area contributed by atoms with Gasteiger partial charge >= 0.3 is 0 Å². The molecule has 18 heavy (non-hydrogen) atoms. The second kappa shape index (κ2) is 5.33. The van der Waals surface area contributed by atoms with E-state index in [2.05, 4.69) is 29.4 Å². The van der Waals surface area contributed by atoms with Gasteiger partial charge in [-0.2, -0.15) is 0 Å². The summed E-state index contributed by atoms with van der Waals surface area (Å²) in [5.41, 5.74) is 4.05. The summed E-state index contributed by atoms with van der Waals surface area (Å²) >= 11 is 0. The lowest BCUT2D eigenvalue weighted by molar-refractivity contribution is 0.415. The standard InChI is InChI=1S/C14H18N2O.BrH/c1-3-12-14-10(6-7-15-12)11-8-9(17-2)4-5-13(11)16-14;/h4-5,8,12,15-16H,3,6-7H2,1-2H3;1H. The second-order valence-corrected chi connectivity index (χ2v) is 4.59. The van der Waals surface area contributed by atoms with Crippen LogP contribution in [0.15, 0.2) is 18.2 Å². The van der Waals surface area contributed by atoms with E-state index < -0.39 is 0 Å². The van der Waals surface area contributed by atoms with E-state index in [9.17, 15) is 0 Å². The Morgan fingerprint density at radius 2 is 2.22 bits per heavy atom. The highest BCUT2D eigenvalue weighted by atomic mass is 79.9. The molecule has 3 nitrogen and oxygen atoms in total. The van der Waals surface area contributed by atoms with Gasteiger partial charge in [-0.15, -0.1) is 17.0 Å². The summed E-state index contributed by atoms with van der Waals surface area (Å²) in [5.74, 6) is 0.936. The van der Waals surface area contributed by atoms with Crippen molar-refractivity contribution < 1.29 is 4.74 Å². The van der Waals surface area contributed by atoms with Gasteiger partial charge in [0, 0.05) is 22.6 Å². The molecule has 1 aromatic heterocycles. The number of halogens is 1. The molecule has 2 aromatic rings. The molecule has 0 spiro atoms. The van der Waals surface area contributed by atoms with Crippen LogP contribution in [0.2, 0.25) is 0 Å². The van der Waals surface area contributed by atoms with Gasteiger partial charge in [-0.1, -0.05) is 6.92 Å². The number of ether oxygens (including phenoxy) is 1. The van der Waals surface area contributed by atoms with Gasteiger partial charge in [-0.05, 0) is 43.1 Å². The number of hydrogen-bond donors (Lipinski definition) is 2. The van der Waals surface area contributed by atoms with E-state index in [4.69, 9.17) is 4.74 Å². The fourth-order valence-corrected chi connectivity index (χ4v) is 2.76. The van der Waals surface area contributed by atoms with Crippen molar-refractivity contribution in [2.75, 3.05) is 13.7 Å². The predicted octanol–water partition coefficient (Wildman–Crippen LogP) is 3.35. The fourth-order valence-electron chi connectivity index (χ4n) is 2.76. The highest BCUT2D eigenvalue weighted by molar-refractivity contribution is 8.93. The Morgan fingerprint density at radius 1 is 1.39 bits per heavy atom. The minimum atomic E-state index is 0. The number of aromatic nitrogens is 1. The van der Waals surface area contributed by atoms with Crippen molar-refractivity contribution >= 4 is 27.9 Å². The normalized spacial score (nSPS) is 18.2. The van der Waals surface area contributed by atoms with E-state index in [1.54, 1.807) is 7.11 Å². The molecule has 1 aromatic carbocycles. The zero-order valence-electron chi connectivity index (χ0n) is 10.7. The number of nitrogens with one attached hydrogen (secondary N) is 2. The Morgan fingerprint density at radius 3 is 2.94 bits per heavy atom. The molecule has 0 fully saturated rings. The molecule has 1 aliphatic rings. The van der Waals surface area contributed by atoms with Crippen LogP contribution >= 0.6 is 17.0 Å². The van der Waals surface area contributed by atoms with Crippen LogP contribution < -0.4 is 10.1 Å². The van der Waals surface area contributed by atoms with Gasteiger partial charge in [0.2, 0.25) is 0 Å². The van der Waals surface area contributed by atoms with Crippen LogP contribution in [0.4, 0.5) is 0 Å². The van der Waals surface area contributed by atoms with Gasteiger partial charge < -0.3 is 15.0 Å². The van der Waals surface area contributed by atoms with Crippen LogP contribution in [0.1, 0.15) is 30.6 Å². The number of aromatic amines is 1. The van der Waals surface area contributed by atoms with E-state index in [-0.39, 0.29) is 17.0 Å². The molecular weight excluding hydrogens is 292 g/mol. The molecule has 0 aliphatic carbocycles. The van der Waals surface area contributed by atoms with E-state index in [0.717, 1.165) is 25.1 Å². The lowest BCUT2D eigenvalue weighted by Crippen LogP contribution is -2.29. The number of fused-ring (bicyclic) bond motifs is 3. The maximum Gasteiger partial charge on any atom is 0.119 e. The highest BCUT2D eigenvalue weighted by Gasteiger charge is 2.22. The van der Waals surface area contributed by atoms with Crippen molar-refractivity contribution in [3.63, 3.8) is 0 Å². The first-order chi connectivity index (χ1) is 8.33. The van der Waals surface area contributed by atoms with Gasteiger partial charge in [0.25, 0.3) is 0 Å². The molecule has 2 N–H and O–H groups in total. The van der Waals surface area contributed by atoms with E-state index >= 15 is 0 Å². The lowest BCUT2D eigenvalue weighted by Gasteiger charge is -2.22. The first kappa shape index (κ1) is 13.4. The third kappa shape index (κ3) is 2.04. The summed E-state index contributed by atoms with van der Waals surface area (Å²) in [4.78, 5) is 3.55. The molecule has 0 saturated heterocycles. The predicted molar refractivity (Wildman–Crippen MR) is 79.9 cm³/mol. The van der Waals surface area contributed by atoms with Crippen LogP contribution in [-0.4, -0.2) is 18.6 Å². The summed E-state index contributed by atoms with van der Waals surface area (Å²) in [6.07, 6.45) is 2.22. The van der Waals surface area contributed by atoms with Crippen LogP contribution in [0.25, 0.3) is 10.9 Å². The van der Waals surface area contributed by atoms with Crippen molar-refractivity contribution in [1.29, 1.82) is 0 Å². The van der Waals surface area contributed by atoms with Gasteiger partial charge in [0.05, 0.1) is 7.11 Å². The fraction of sp³-hybridized carbons (Fsp3) is 0.429. The Kier molecular flexibility index (Phi) is 3.97. The zero-order chi connectivity index (χ0) is 11.8. The topological polar surface area (TPSA) is 37.0 Å². The van der Waals surface area contributed by atoms with Crippen LogP contribution in [0, 0.1) is 0 Å². The van der Waals surface area contributed by atoms with Gasteiger partial charge in [-0.25, -0.2) is 0 Å². The number of methoxy groups -OCH3 is 1. The van der Waals surface area contributed by atoms with Crippen LogP contribution in [0.3, 0.4) is 0 Å². The molecule has 1 unspecified atom stereocenters. The minimum absolute atomic E-state index is 0. The zero-order valence-corrected chi connectivity index (χ0v) is 12.5. The molecule has 4 heteroatoms. The van der Waals surface area contributed by atoms with Crippen LogP contribution in [-0.2, 0) is 6.42 Å². The monoisotopic (exact) mass is 310 g/mol. The number of benzene rings is 1. The van der Waals surface area contributed by atoms with Gasteiger partial charge in [-0.3, -0.25) is 0 Å². The van der Waals surface area contributed by atoms with Crippen molar-refractivity contribution in [2.24, 2.45) is 0 Å². The third-order valence-corrected chi connectivity index (χ3v) is 3.67. The Balaban J connectivity index is 0.00000120. The summed E-state index contributed by atoms with van der Waals surface area (Å²) in [5, 5.41) is 4.87. The number of H-pyrrole nitrogens is 1. The first-order valence-electron chi connectivity index (χ1n) is 6.25. The summed E-state index contributed by atoms with van der Waals surface area (Å²) in [7, 11) is 1.72. The lowest BCUT2D eigenvalue weighted by atomic mass is 9.98. The van der Waals surface area contributed by atoms with E-state index in [0.29, 0.717) is 6.04 Å². The number of rotatable bonds is 2. The maximum atomic E-state index is 5.31. The highest BCUT2D eigenvalue weighted by Crippen LogP contribution is 2.33. The minimum Gasteiger partial charge on any atom is -0.497 e. The maximum absolute atomic E-state index is 5.31. The van der Waals surface area contributed by atoms with Crippen molar-refractivity contribution in [3.8, 4) is 5.75 Å². The molecule has 1 aliphatic heterocycles. The smallest absolute Gasteiger partial charge is 0.119 e. The SMILES string of the molecule is Br.CCC1NCCc2c1[nH]c1ccc(OC)cc21. The van der Waals surface area contributed by atoms with Crippen molar-refractivity contribution in [1.82, 2.24) is 10.3 Å². The average Bonchev–Trinajstić information content (AvgIpc) is 2.76. The molecular formula is C14H19BrN2O. The molecule has 2 heterocycles. The molecule has 0 bridgehead atoms. The Labute approximate surface area is 118 Å². The summed E-state index contributed by atoms with van der Waals surface area (Å²) in [6.45, 7) is 3.29. The molecule has 0 saturated carbocycles. The Bertz CT molecular complexity index is 550. The Hall–Kier alpha value is -1.00. The molecule has 1 atom stereocenters. The molecule has 3 rings (SSSR count). The number of hydrogen-bond acceptors (Lipinski definition) is 2. The molecule has 0 radical (unpaired) electrons. The van der Waals surface area contributed by atoms with Crippen LogP contribution in [0.5, 0.6) is 5.75 Å². The first-order valence-corrected chi connectivity index (χ1v) is 6.25. The summed E-state index contributed by atoms with van der Waals surface area (Å²) < 4.78 is 5.31. The van der Waals surface area contributed by atoms with E-state index in [1.807, 2.05) is 6.07 Å². The summed E-state index contributed by atoms with van der Waals surface area (Å²) in [6, 6.07) is 6.73. The molecule has 0 amide bonds. The van der Waals surface area contributed by atoms with Gasteiger partial charge in [0.15, 0.2) is 0 Å². The second-order valence-electron chi connectivity index (χ2n) is 4.59. The van der Waals surface area contributed by atoms with Crippen molar-refractivity contribution in [3.05, 3.63) is 29.5 Å². The van der Waals surface area contributed by atoms with Gasteiger partial charge in [0.1, 0.15) is 5.75 Å². The average molecular weight is 311 g/mol. The third-order valence-electron chi connectivity index (χ3n) is 3.67.